The van der Waals surface area contributed by atoms with E-state index in [0.29, 0.717) is 0 Å². The molecule has 15 heavy (non-hydrogen) atoms. The summed E-state index contributed by atoms with van der Waals surface area (Å²) in [5.74, 6) is -2.33. The van der Waals surface area contributed by atoms with Crippen LogP contribution in [0.5, 0.6) is 11.5 Å². The van der Waals surface area contributed by atoms with Crippen molar-refractivity contribution in [3.05, 3.63) is 23.8 Å². The number of phenolic OH excluding ortho intramolecular Hbond substituents is 2. The number of carbonyl (C=O) groups is 2. The second-order valence-corrected chi connectivity index (χ2v) is 2.72. The van der Waals surface area contributed by atoms with E-state index in [1.54, 1.807) is 6.07 Å². The number of phenols is 2. The van der Waals surface area contributed by atoms with Crippen molar-refractivity contribution in [2.75, 3.05) is 0 Å². The average Bonchev–Trinajstić information content (AvgIpc) is 2.13. The first-order valence-electron chi connectivity index (χ1n) is 3.92. The third kappa shape index (κ3) is 5.14. The van der Waals surface area contributed by atoms with Gasteiger partial charge in [0.25, 0.3) is 0 Å². The summed E-state index contributed by atoms with van der Waals surface area (Å²) in [7, 11) is 0. The standard InChI is InChI=1S/C7H8O2.C2H4N2O2/c1-5-2-3-6(8)7(9)4-5;3-1(5)2(4)6/h2-4,8-9H,1H3;(H2,3,5)(H2,4,6). The second-order valence-electron chi connectivity index (χ2n) is 2.72. The van der Waals surface area contributed by atoms with Crippen molar-refractivity contribution < 1.29 is 19.8 Å². The van der Waals surface area contributed by atoms with Crippen LogP contribution >= 0.6 is 0 Å². The van der Waals surface area contributed by atoms with Gasteiger partial charge in [-0.15, -0.1) is 0 Å². The molecule has 0 fully saturated rings. The van der Waals surface area contributed by atoms with E-state index < -0.39 is 11.8 Å². The summed E-state index contributed by atoms with van der Waals surface area (Å²) in [6.07, 6.45) is 0. The lowest BCUT2D eigenvalue weighted by molar-refractivity contribution is -0.135. The molecule has 0 bridgehead atoms. The minimum Gasteiger partial charge on any atom is -0.504 e. The van der Waals surface area contributed by atoms with E-state index in [-0.39, 0.29) is 11.5 Å². The van der Waals surface area contributed by atoms with E-state index in [4.69, 9.17) is 10.2 Å². The smallest absolute Gasteiger partial charge is 0.306 e. The second kappa shape index (κ2) is 5.48. The third-order valence-corrected chi connectivity index (χ3v) is 1.37. The van der Waals surface area contributed by atoms with Gasteiger partial charge in [-0.25, -0.2) is 0 Å². The van der Waals surface area contributed by atoms with Crippen LogP contribution in [0.2, 0.25) is 0 Å². The van der Waals surface area contributed by atoms with E-state index in [1.807, 2.05) is 6.92 Å². The van der Waals surface area contributed by atoms with Gasteiger partial charge in [0.1, 0.15) is 0 Å². The third-order valence-electron chi connectivity index (χ3n) is 1.37. The fourth-order valence-electron chi connectivity index (χ4n) is 0.633. The number of amides is 2. The van der Waals surface area contributed by atoms with Crippen LogP contribution in [0.25, 0.3) is 0 Å². The fourth-order valence-corrected chi connectivity index (χ4v) is 0.633. The van der Waals surface area contributed by atoms with Gasteiger partial charge in [-0.3, -0.25) is 9.59 Å². The van der Waals surface area contributed by atoms with Crippen molar-refractivity contribution in [3.8, 4) is 11.5 Å². The molecule has 0 unspecified atom stereocenters. The first-order valence-corrected chi connectivity index (χ1v) is 3.92. The molecule has 0 heterocycles. The highest BCUT2D eigenvalue weighted by Gasteiger charge is 1.96. The zero-order valence-electron chi connectivity index (χ0n) is 8.10. The Kier molecular flexibility index (Phi) is 4.66. The van der Waals surface area contributed by atoms with Gasteiger partial charge in [-0.05, 0) is 24.6 Å². The van der Waals surface area contributed by atoms with Crippen molar-refractivity contribution in [2.24, 2.45) is 11.5 Å². The van der Waals surface area contributed by atoms with Crippen LogP contribution in [0.3, 0.4) is 0 Å². The van der Waals surface area contributed by atoms with Gasteiger partial charge in [0.2, 0.25) is 0 Å². The molecule has 2 amide bonds. The molecule has 1 aromatic rings. The van der Waals surface area contributed by atoms with E-state index in [2.05, 4.69) is 11.5 Å². The van der Waals surface area contributed by atoms with Gasteiger partial charge < -0.3 is 21.7 Å². The number of nitrogens with two attached hydrogens (primary N) is 2. The van der Waals surface area contributed by atoms with Gasteiger partial charge in [0.15, 0.2) is 11.5 Å². The van der Waals surface area contributed by atoms with Crippen LogP contribution in [0.4, 0.5) is 0 Å². The Morgan fingerprint density at radius 3 is 1.80 bits per heavy atom. The lowest BCUT2D eigenvalue weighted by atomic mass is 10.2. The van der Waals surface area contributed by atoms with E-state index >= 15 is 0 Å². The summed E-state index contributed by atoms with van der Waals surface area (Å²) >= 11 is 0. The Labute approximate surface area is 86.1 Å². The molecule has 1 rings (SSSR count). The molecular weight excluding hydrogens is 200 g/mol. The van der Waals surface area contributed by atoms with Gasteiger partial charge >= 0.3 is 11.8 Å². The Morgan fingerprint density at radius 1 is 1.07 bits per heavy atom. The van der Waals surface area contributed by atoms with Crippen LogP contribution in [0.15, 0.2) is 18.2 Å². The molecule has 0 spiro atoms. The van der Waals surface area contributed by atoms with Crippen molar-refractivity contribution >= 4 is 11.8 Å². The molecule has 0 aliphatic heterocycles. The molecule has 1 aromatic carbocycles. The number of aromatic hydroxyl groups is 2. The van der Waals surface area contributed by atoms with E-state index in [9.17, 15) is 9.59 Å². The predicted molar refractivity (Wildman–Crippen MR) is 52.9 cm³/mol. The fraction of sp³-hybridized carbons (Fsp3) is 0.111. The number of primary amides is 2. The number of hydrogen-bond acceptors (Lipinski definition) is 4. The van der Waals surface area contributed by atoms with Crippen molar-refractivity contribution in [1.29, 1.82) is 0 Å². The SMILES string of the molecule is Cc1ccc(O)c(O)c1.NC(=O)C(N)=O. The van der Waals surface area contributed by atoms with Gasteiger partial charge in [-0.2, -0.15) is 0 Å². The Bertz CT molecular complexity index is 364. The maximum absolute atomic E-state index is 9.45. The molecule has 0 saturated carbocycles. The largest absolute Gasteiger partial charge is 0.504 e. The number of rotatable bonds is 0. The lowest BCUT2D eigenvalue weighted by Crippen LogP contribution is -2.29. The first-order chi connectivity index (χ1) is 6.84. The monoisotopic (exact) mass is 212 g/mol. The highest BCUT2D eigenvalue weighted by Crippen LogP contribution is 2.23. The predicted octanol–water partition coefficient (Wildman–Crippen LogP) is -0.637. The topological polar surface area (TPSA) is 127 Å². The highest BCUT2D eigenvalue weighted by atomic mass is 16.3. The molecule has 0 aromatic heterocycles. The summed E-state index contributed by atoms with van der Waals surface area (Å²) in [5, 5.41) is 17.6. The highest BCUT2D eigenvalue weighted by molar-refractivity contribution is 6.33. The molecule has 0 atom stereocenters. The summed E-state index contributed by atoms with van der Waals surface area (Å²) in [5.41, 5.74) is 9.58. The lowest BCUT2D eigenvalue weighted by Gasteiger charge is -1.95. The van der Waals surface area contributed by atoms with Crippen LogP contribution in [-0.4, -0.2) is 22.0 Å². The molecule has 0 saturated heterocycles. The summed E-state index contributed by atoms with van der Waals surface area (Å²) in [6, 6.07) is 4.70. The molecule has 6 nitrogen and oxygen atoms in total. The maximum Gasteiger partial charge on any atom is 0.306 e. The Morgan fingerprint density at radius 2 is 1.53 bits per heavy atom. The van der Waals surface area contributed by atoms with Crippen molar-refractivity contribution in [1.82, 2.24) is 0 Å². The molecule has 6 heteroatoms. The van der Waals surface area contributed by atoms with Crippen molar-refractivity contribution in [3.63, 3.8) is 0 Å². The van der Waals surface area contributed by atoms with Gasteiger partial charge in [0.05, 0.1) is 0 Å². The molecular formula is C9H12N2O4. The van der Waals surface area contributed by atoms with Crippen LogP contribution in [0.1, 0.15) is 5.56 Å². The van der Waals surface area contributed by atoms with Crippen LogP contribution in [0, 0.1) is 6.92 Å². The Hall–Kier alpha value is -2.24. The zero-order chi connectivity index (χ0) is 12.0. The average molecular weight is 212 g/mol. The normalized spacial score (nSPS) is 8.60. The van der Waals surface area contributed by atoms with Crippen molar-refractivity contribution in [2.45, 2.75) is 6.92 Å². The molecule has 0 aliphatic rings. The quantitative estimate of drug-likeness (QED) is 0.337. The number of carbonyl (C=O) groups excluding carboxylic acids is 2. The molecule has 82 valence electrons. The van der Waals surface area contributed by atoms with Crippen LogP contribution < -0.4 is 11.5 Å². The number of benzene rings is 1. The molecule has 0 radical (unpaired) electrons. The van der Waals surface area contributed by atoms with Crippen LogP contribution in [-0.2, 0) is 9.59 Å². The number of hydrogen-bond donors (Lipinski definition) is 4. The summed E-state index contributed by atoms with van der Waals surface area (Å²) in [6.45, 7) is 1.85. The minimum absolute atomic E-state index is 0.0602. The Balaban J connectivity index is 0.000000288. The summed E-state index contributed by atoms with van der Waals surface area (Å²) in [4.78, 5) is 18.9. The minimum atomic E-state index is -1.10. The zero-order valence-corrected chi connectivity index (χ0v) is 8.10. The molecule has 6 N–H and O–H groups in total. The first kappa shape index (κ1) is 12.8. The number of aryl methyl sites for hydroxylation is 1. The maximum atomic E-state index is 9.45. The molecule has 0 aliphatic carbocycles. The van der Waals surface area contributed by atoms with E-state index in [1.165, 1.54) is 12.1 Å². The summed E-state index contributed by atoms with van der Waals surface area (Å²) < 4.78 is 0. The van der Waals surface area contributed by atoms with E-state index in [0.717, 1.165) is 5.56 Å². The van der Waals surface area contributed by atoms with Gasteiger partial charge in [0, 0.05) is 0 Å². The van der Waals surface area contributed by atoms with Gasteiger partial charge in [-0.1, -0.05) is 6.07 Å².